The molecule has 1 fully saturated rings. The van der Waals surface area contributed by atoms with Crippen LogP contribution in [0.3, 0.4) is 0 Å². The van der Waals surface area contributed by atoms with Crippen LogP contribution in [0.5, 0.6) is 0 Å². The number of piperidine rings is 1. The molecule has 8 heteroatoms. The first kappa shape index (κ1) is 18.2. The summed E-state index contributed by atoms with van der Waals surface area (Å²) in [6.45, 7) is 6.04. The van der Waals surface area contributed by atoms with E-state index >= 15 is 0 Å². The van der Waals surface area contributed by atoms with Crippen LogP contribution < -0.4 is 15.5 Å². The molecular weight excluding hydrogens is 330 g/mol. The molecule has 2 N–H and O–H groups in total. The normalized spacial score (nSPS) is 17.4. The highest BCUT2D eigenvalue weighted by Gasteiger charge is 2.27. The SMILES string of the molecule is Cc1nc(N(C)C)nc(N2CCC[C@@H](c3nccn3CC(N)=O)C2)c1C. The van der Waals surface area contributed by atoms with E-state index in [4.69, 9.17) is 10.7 Å². The molecule has 0 unspecified atom stereocenters. The molecule has 0 saturated carbocycles. The minimum absolute atomic E-state index is 0.169. The van der Waals surface area contributed by atoms with Gasteiger partial charge in [0, 0.05) is 56.8 Å². The Morgan fingerprint density at radius 1 is 1.35 bits per heavy atom. The third-order valence-electron chi connectivity index (χ3n) is 4.91. The number of carbonyl (C=O) groups excluding carboxylic acids is 1. The summed E-state index contributed by atoms with van der Waals surface area (Å²) in [4.78, 5) is 29.4. The molecule has 1 atom stereocenters. The van der Waals surface area contributed by atoms with Crippen LogP contribution in [-0.4, -0.2) is 52.6 Å². The van der Waals surface area contributed by atoms with E-state index < -0.39 is 0 Å². The van der Waals surface area contributed by atoms with Crippen molar-refractivity contribution in [3.8, 4) is 0 Å². The summed E-state index contributed by atoms with van der Waals surface area (Å²) in [5.41, 5.74) is 7.47. The fraction of sp³-hybridized carbons (Fsp3) is 0.556. The Hall–Kier alpha value is -2.64. The van der Waals surface area contributed by atoms with Gasteiger partial charge in [0.05, 0.1) is 0 Å². The van der Waals surface area contributed by atoms with Crippen molar-refractivity contribution < 1.29 is 4.79 Å². The average molecular weight is 357 g/mol. The first-order valence-electron chi connectivity index (χ1n) is 8.93. The summed E-state index contributed by atoms with van der Waals surface area (Å²) in [5.74, 6) is 2.52. The van der Waals surface area contributed by atoms with E-state index in [1.165, 1.54) is 0 Å². The second-order valence-electron chi connectivity index (χ2n) is 7.12. The Kier molecular flexibility index (Phi) is 5.11. The molecule has 1 aliphatic heterocycles. The molecular formula is C18H27N7O. The lowest BCUT2D eigenvalue weighted by molar-refractivity contribution is -0.118. The predicted molar refractivity (Wildman–Crippen MR) is 101 cm³/mol. The number of primary amides is 1. The standard InChI is InChI=1S/C18H27N7O/c1-12-13(2)21-18(23(3)4)22-16(12)24-8-5-6-14(10-24)17-20-7-9-25(17)11-15(19)26/h7,9,14H,5-6,8,10-11H2,1-4H3,(H2,19,26)/t14-/m1/s1. The molecule has 0 aliphatic carbocycles. The first-order valence-corrected chi connectivity index (χ1v) is 8.93. The van der Waals surface area contributed by atoms with Crippen molar-refractivity contribution in [2.75, 3.05) is 37.0 Å². The van der Waals surface area contributed by atoms with Crippen LogP contribution in [0.4, 0.5) is 11.8 Å². The van der Waals surface area contributed by atoms with Crippen LogP contribution in [0.2, 0.25) is 0 Å². The maximum atomic E-state index is 11.3. The highest BCUT2D eigenvalue weighted by molar-refractivity contribution is 5.73. The van der Waals surface area contributed by atoms with E-state index in [-0.39, 0.29) is 18.4 Å². The molecule has 3 heterocycles. The van der Waals surface area contributed by atoms with Crippen LogP contribution in [0.25, 0.3) is 0 Å². The van der Waals surface area contributed by atoms with Gasteiger partial charge in [-0.2, -0.15) is 4.98 Å². The zero-order chi connectivity index (χ0) is 18.8. The maximum Gasteiger partial charge on any atom is 0.237 e. The number of hydrogen-bond donors (Lipinski definition) is 1. The molecule has 0 spiro atoms. The number of amides is 1. The van der Waals surface area contributed by atoms with Gasteiger partial charge in [0.25, 0.3) is 0 Å². The minimum Gasteiger partial charge on any atom is -0.368 e. The number of hydrogen-bond acceptors (Lipinski definition) is 6. The van der Waals surface area contributed by atoms with Crippen LogP contribution in [0.15, 0.2) is 12.4 Å². The van der Waals surface area contributed by atoms with Crippen molar-refractivity contribution >= 4 is 17.7 Å². The fourth-order valence-corrected chi connectivity index (χ4v) is 3.47. The molecule has 1 saturated heterocycles. The Bertz CT molecular complexity index is 799. The first-order chi connectivity index (χ1) is 12.4. The monoisotopic (exact) mass is 357 g/mol. The van der Waals surface area contributed by atoms with Crippen LogP contribution >= 0.6 is 0 Å². The third kappa shape index (κ3) is 3.63. The Morgan fingerprint density at radius 2 is 2.12 bits per heavy atom. The van der Waals surface area contributed by atoms with Gasteiger partial charge in [0.2, 0.25) is 11.9 Å². The van der Waals surface area contributed by atoms with Gasteiger partial charge in [-0.05, 0) is 26.7 Å². The van der Waals surface area contributed by atoms with Crippen LogP contribution in [-0.2, 0) is 11.3 Å². The Balaban J connectivity index is 1.88. The summed E-state index contributed by atoms with van der Waals surface area (Å²) < 4.78 is 1.86. The fourth-order valence-electron chi connectivity index (χ4n) is 3.47. The lowest BCUT2D eigenvalue weighted by Gasteiger charge is -2.34. The molecule has 1 aliphatic rings. The number of nitrogens with two attached hydrogens (primary N) is 1. The predicted octanol–water partition coefficient (Wildman–Crippen LogP) is 1.23. The van der Waals surface area contributed by atoms with Crippen molar-refractivity contribution in [1.82, 2.24) is 19.5 Å². The molecule has 3 rings (SSSR count). The van der Waals surface area contributed by atoms with Crippen molar-refractivity contribution in [3.05, 3.63) is 29.5 Å². The smallest absolute Gasteiger partial charge is 0.237 e. The van der Waals surface area contributed by atoms with E-state index in [2.05, 4.69) is 21.8 Å². The van der Waals surface area contributed by atoms with Gasteiger partial charge in [0.1, 0.15) is 18.2 Å². The Labute approximate surface area is 154 Å². The van der Waals surface area contributed by atoms with Crippen molar-refractivity contribution in [2.24, 2.45) is 5.73 Å². The summed E-state index contributed by atoms with van der Waals surface area (Å²) in [5, 5.41) is 0. The zero-order valence-corrected chi connectivity index (χ0v) is 15.9. The van der Waals surface area contributed by atoms with E-state index in [9.17, 15) is 4.79 Å². The summed E-state index contributed by atoms with van der Waals surface area (Å²) in [7, 11) is 3.90. The number of imidazole rings is 1. The molecule has 8 nitrogen and oxygen atoms in total. The maximum absolute atomic E-state index is 11.3. The molecule has 26 heavy (non-hydrogen) atoms. The molecule has 140 valence electrons. The van der Waals surface area contributed by atoms with E-state index in [1.54, 1.807) is 6.20 Å². The second-order valence-corrected chi connectivity index (χ2v) is 7.12. The van der Waals surface area contributed by atoms with Gasteiger partial charge in [-0.3, -0.25) is 4.79 Å². The number of nitrogens with zero attached hydrogens (tertiary/aromatic N) is 6. The number of rotatable bonds is 5. The van der Waals surface area contributed by atoms with E-state index in [1.807, 2.05) is 36.7 Å². The van der Waals surface area contributed by atoms with Gasteiger partial charge in [-0.15, -0.1) is 0 Å². The Morgan fingerprint density at radius 3 is 2.81 bits per heavy atom. The number of carbonyl (C=O) groups is 1. The summed E-state index contributed by atoms with van der Waals surface area (Å²) >= 11 is 0. The summed E-state index contributed by atoms with van der Waals surface area (Å²) in [6.07, 6.45) is 5.65. The van der Waals surface area contributed by atoms with Gasteiger partial charge in [0.15, 0.2) is 0 Å². The molecule has 0 bridgehead atoms. The average Bonchev–Trinajstić information content (AvgIpc) is 3.04. The minimum atomic E-state index is -0.352. The highest BCUT2D eigenvalue weighted by Crippen LogP contribution is 2.31. The quantitative estimate of drug-likeness (QED) is 0.865. The topological polar surface area (TPSA) is 93.2 Å². The van der Waals surface area contributed by atoms with Crippen LogP contribution in [0, 0.1) is 13.8 Å². The van der Waals surface area contributed by atoms with Crippen molar-refractivity contribution in [2.45, 2.75) is 39.2 Å². The largest absolute Gasteiger partial charge is 0.368 e. The summed E-state index contributed by atoms with van der Waals surface area (Å²) in [6, 6.07) is 0. The lowest BCUT2D eigenvalue weighted by atomic mass is 9.96. The van der Waals surface area contributed by atoms with E-state index in [0.29, 0.717) is 0 Å². The number of anilines is 2. The van der Waals surface area contributed by atoms with Gasteiger partial charge in [-0.25, -0.2) is 9.97 Å². The highest BCUT2D eigenvalue weighted by atomic mass is 16.1. The zero-order valence-electron chi connectivity index (χ0n) is 15.9. The van der Waals surface area contributed by atoms with Crippen molar-refractivity contribution in [3.63, 3.8) is 0 Å². The van der Waals surface area contributed by atoms with Crippen molar-refractivity contribution in [1.29, 1.82) is 0 Å². The van der Waals surface area contributed by atoms with Gasteiger partial charge >= 0.3 is 0 Å². The molecule has 2 aromatic rings. The van der Waals surface area contributed by atoms with Crippen LogP contribution in [0.1, 0.15) is 35.8 Å². The van der Waals surface area contributed by atoms with E-state index in [0.717, 1.165) is 54.8 Å². The second kappa shape index (κ2) is 7.31. The molecule has 0 radical (unpaired) electrons. The van der Waals surface area contributed by atoms with Gasteiger partial charge in [-0.1, -0.05) is 0 Å². The molecule has 2 aromatic heterocycles. The third-order valence-corrected chi connectivity index (χ3v) is 4.91. The van der Waals surface area contributed by atoms with Gasteiger partial charge < -0.3 is 20.1 Å². The molecule has 1 amide bonds. The number of aryl methyl sites for hydroxylation is 1. The molecule has 0 aromatic carbocycles. The lowest BCUT2D eigenvalue weighted by Crippen LogP contribution is -2.37. The number of aromatic nitrogens is 4.